The summed E-state index contributed by atoms with van der Waals surface area (Å²) in [4.78, 5) is 36.0. The Balaban J connectivity index is 1.53. The van der Waals surface area contributed by atoms with Crippen molar-refractivity contribution in [1.82, 2.24) is 19.4 Å². The van der Waals surface area contributed by atoms with Gasteiger partial charge < -0.3 is 24.8 Å². The Kier molecular flexibility index (Phi) is 7.71. The number of halogens is 4. The van der Waals surface area contributed by atoms with Gasteiger partial charge in [0, 0.05) is 55.7 Å². The van der Waals surface area contributed by atoms with Crippen LogP contribution in [0.15, 0.2) is 36.8 Å². The summed E-state index contributed by atoms with van der Waals surface area (Å²) in [6.07, 6.45) is -2.40. The predicted molar refractivity (Wildman–Crippen MR) is 136 cm³/mol. The van der Waals surface area contributed by atoms with Crippen molar-refractivity contribution in [3.8, 4) is 0 Å². The molecule has 1 fully saturated rings. The van der Waals surface area contributed by atoms with Crippen LogP contribution in [-0.2, 0) is 17.5 Å². The summed E-state index contributed by atoms with van der Waals surface area (Å²) in [7, 11) is 0. The number of hydrogen-bond donors (Lipinski definition) is 1. The highest BCUT2D eigenvalue weighted by molar-refractivity contribution is 6.07. The Bertz CT molecular complexity index is 1340. The quantitative estimate of drug-likeness (QED) is 0.455. The number of piperazine rings is 1. The van der Waals surface area contributed by atoms with E-state index in [1.54, 1.807) is 26.6 Å². The molecule has 4 rings (SSSR count). The number of aromatic nitrogens is 3. The highest BCUT2D eigenvalue weighted by atomic mass is 19.4. The van der Waals surface area contributed by atoms with Gasteiger partial charge in [-0.3, -0.25) is 4.79 Å². The molecule has 2 aromatic heterocycles. The molecule has 2 N–H and O–H groups in total. The summed E-state index contributed by atoms with van der Waals surface area (Å²) in [6.45, 7) is 7.36. The molecule has 0 spiro atoms. The van der Waals surface area contributed by atoms with Crippen LogP contribution in [-0.4, -0.2) is 63.7 Å². The van der Waals surface area contributed by atoms with Gasteiger partial charge in [0.15, 0.2) is 0 Å². The van der Waals surface area contributed by atoms with E-state index in [1.807, 2.05) is 20.8 Å². The Morgan fingerprint density at radius 2 is 1.72 bits per heavy atom. The zero-order valence-corrected chi connectivity index (χ0v) is 21.8. The lowest BCUT2D eigenvalue weighted by Gasteiger charge is -2.34. The van der Waals surface area contributed by atoms with Crippen molar-refractivity contribution in [1.29, 1.82) is 0 Å². The molecule has 2 amide bonds. The zero-order chi connectivity index (χ0) is 28.5. The van der Waals surface area contributed by atoms with Crippen LogP contribution in [0.3, 0.4) is 0 Å². The van der Waals surface area contributed by atoms with E-state index in [4.69, 9.17) is 10.5 Å². The first-order valence-electron chi connectivity index (χ1n) is 12.4. The standard InChI is InChI=1S/C26H30F4N6O3/c1-25(2,3)11-18(39-23(31)38)14-36-15-20(19-10-17(27)4-5-21(19)36)22(37)34-6-8-35(9-7-34)24-32-12-16(13-33-24)26(28,29)30/h4-5,10,12-13,15,18H,6-9,11,14H2,1-3H3,(H2,31,38). The fraction of sp³-hybridized carbons (Fsp3) is 0.462. The van der Waals surface area contributed by atoms with E-state index in [0.29, 0.717) is 30.4 Å². The van der Waals surface area contributed by atoms with Gasteiger partial charge in [0.1, 0.15) is 11.9 Å². The second kappa shape index (κ2) is 10.7. The third-order valence-corrected chi connectivity index (χ3v) is 6.41. The van der Waals surface area contributed by atoms with Crippen LogP contribution in [0, 0.1) is 11.2 Å². The normalized spacial score (nSPS) is 15.5. The number of alkyl halides is 3. The van der Waals surface area contributed by atoms with E-state index < -0.39 is 29.8 Å². The molecule has 1 unspecified atom stereocenters. The topological polar surface area (TPSA) is 107 Å². The first-order chi connectivity index (χ1) is 18.2. The number of hydrogen-bond acceptors (Lipinski definition) is 6. The number of fused-ring (bicyclic) bond motifs is 1. The lowest BCUT2D eigenvalue weighted by molar-refractivity contribution is -0.138. The molecule has 1 aromatic carbocycles. The molecule has 1 atom stereocenters. The van der Waals surface area contributed by atoms with Gasteiger partial charge in [-0.25, -0.2) is 19.2 Å². The smallest absolute Gasteiger partial charge is 0.419 e. The minimum Gasteiger partial charge on any atom is -0.444 e. The van der Waals surface area contributed by atoms with Gasteiger partial charge in [-0.05, 0) is 30.0 Å². The van der Waals surface area contributed by atoms with E-state index in [2.05, 4.69) is 9.97 Å². The summed E-state index contributed by atoms with van der Waals surface area (Å²) in [5.74, 6) is -0.674. The maximum absolute atomic E-state index is 14.2. The maximum Gasteiger partial charge on any atom is 0.419 e. The zero-order valence-electron chi connectivity index (χ0n) is 21.8. The highest BCUT2D eigenvalue weighted by Crippen LogP contribution is 2.30. The van der Waals surface area contributed by atoms with Crippen LogP contribution < -0.4 is 10.6 Å². The van der Waals surface area contributed by atoms with Crippen molar-refractivity contribution >= 4 is 28.9 Å². The van der Waals surface area contributed by atoms with E-state index >= 15 is 0 Å². The van der Waals surface area contributed by atoms with Crippen LogP contribution in [0.25, 0.3) is 10.9 Å². The number of primary amides is 1. The van der Waals surface area contributed by atoms with Gasteiger partial charge >= 0.3 is 12.3 Å². The second-order valence-corrected chi connectivity index (χ2v) is 10.7. The predicted octanol–water partition coefficient (Wildman–Crippen LogP) is 4.45. The van der Waals surface area contributed by atoms with Crippen molar-refractivity contribution in [3.63, 3.8) is 0 Å². The number of benzene rings is 1. The fourth-order valence-corrected chi connectivity index (χ4v) is 4.71. The Labute approximate surface area is 222 Å². The molecule has 1 aliphatic heterocycles. The lowest BCUT2D eigenvalue weighted by atomic mass is 9.89. The van der Waals surface area contributed by atoms with Crippen molar-refractivity contribution < 1.29 is 31.9 Å². The van der Waals surface area contributed by atoms with E-state index in [0.717, 1.165) is 12.4 Å². The largest absolute Gasteiger partial charge is 0.444 e. The molecule has 39 heavy (non-hydrogen) atoms. The molecule has 13 heteroatoms. The number of amides is 2. The average molecular weight is 551 g/mol. The summed E-state index contributed by atoms with van der Waals surface area (Å²) >= 11 is 0. The first-order valence-corrected chi connectivity index (χ1v) is 12.4. The number of nitrogens with two attached hydrogens (primary N) is 1. The first kappa shape index (κ1) is 28.1. The molecule has 9 nitrogen and oxygen atoms in total. The number of ether oxygens (including phenoxy) is 1. The van der Waals surface area contributed by atoms with Crippen LogP contribution >= 0.6 is 0 Å². The number of nitrogens with zero attached hydrogens (tertiary/aromatic N) is 5. The maximum atomic E-state index is 14.2. The third kappa shape index (κ3) is 6.76. The van der Waals surface area contributed by atoms with Crippen LogP contribution in [0.2, 0.25) is 0 Å². The summed E-state index contributed by atoms with van der Waals surface area (Å²) in [5, 5.41) is 0.419. The Morgan fingerprint density at radius 1 is 1.08 bits per heavy atom. The SMILES string of the molecule is CC(C)(C)CC(Cn1cc(C(=O)N2CCN(c3ncc(C(F)(F)F)cn3)CC2)c2cc(F)ccc21)OC(N)=O. The molecule has 0 bridgehead atoms. The third-order valence-electron chi connectivity index (χ3n) is 6.41. The molecule has 3 heterocycles. The van der Waals surface area contributed by atoms with Crippen molar-refractivity contribution in [2.75, 3.05) is 31.1 Å². The molecule has 1 saturated heterocycles. The number of rotatable bonds is 6. The molecule has 210 valence electrons. The van der Waals surface area contributed by atoms with Crippen LogP contribution in [0.4, 0.5) is 28.3 Å². The second-order valence-electron chi connectivity index (χ2n) is 10.7. The van der Waals surface area contributed by atoms with Gasteiger partial charge in [0.05, 0.1) is 17.7 Å². The summed E-state index contributed by atoms with van der Waals surface area (Å²) < 4.78 is 59.7. The summed E-state index contributed by atoms with van der Waals surface area (Å²) in [5.41, 5.74) is 5.06. The number of anilines is 1. The van der Waals surface area contributed by atoms with Gasteiger partial charge in [-0.1, -0.05) is 20.8 Å². The fourth-order valence-electron chi connectivity index (χ4n) is 4.71. The van der Waals surface area contributed by atoms with Crippen molar-refractivity contribution in [2.24, 2.45) is 11.1 Å². The monoisotopic (exact) mass is 550 g/mol. The number of carbonyl (C=O) groups excluding carboxylic acids is 2. The van der Waals surface area contributed by atoms with E-state index in [1.165, 1.54) is 12.1 Å². The molecule has 0 saturated carbocycles. The molecule has 3 aromatic rings. The van der Waals surface area contributed by atoms with Gasteiger partial charge in [-0.15, -0.1) is 0 Å². The lowest BCUT2D eigenvalue weighted by Crippen LogP contribution is -2.49. The molecular formula is C26H30F4N6O3. The molecule has 0 aliphatic carbocycles. The Hall–Kier alpha value is -3.90. The average Bonchev–Trinajstić information content (AvgIpc) is 3.19. The molecule has 1 aliphatic rings. The van der Waals surface area contributed by atoms with Gasteiger partial charge in [0.25, 0.3) is 5.91 Å². The Morgan fingerprint density at radius 3 is 2.28 bits per heavy atom. The minimum absolute atomic E-state index is 0.146. The number of carbonyl (C=O) groups is 2. The molecular weight excluding hydrogens is 520 g/mol. The van der Waals surface area contributed by atoms with E-state index in [-0.39, 0.29) is 42.5 Å². The van der Waals surface area contributed by atoms with Crippen LogP contribution in [0.1, 0.15) is 43.1 Å². The van der Waals surface area contributed by atoms with Crippen LogP contribution in [0.5, 0.6) is 0 Å². The van der Waals surface area contributed by atoms with Gasteiger partial charge in [0.2, 0.25) is 5.95 Å². The van der Waals surface area contributed by atoms with E-state index in [9.17, 15) is 27.2 Å². The van der Waals surface area contributed by atoms with Crippen molar-refractivity contribution in [3.05, 3.63) is 53.7 Å². The van der Waals surface area contributed by atoms with Gasteiger partial charge in [-0.2, -0.15) is 13.2 Å². The minimum atomic E-state index is -4.53. The van der Waals surface area contributed by atoms with Crippen molar-refractivity contribution in [2.45, 2.75) is 46.0 Å². The molecule has 0 radical (unpaired) electrons. The summed E-state index contributed by atoms with van der Waals surface area (Å²) in [6, 6.07) is 4.16. The highest BCUT2D eigenvalue weighted by Gasteiger charge is 2.32.